The summed E-state index contributed by atoms with van der Waals surface area (Å²) in [6.07, 6.45) is 0. The molecule has 2 amide bonds. The molecule has 7 heteroatoms. The first kappa shape index (κ1) is 19.9. The molecule has 0 aliphatic carbocycles. The van der Waals surface area contributed by atoms with Crippen LogP contribution in [0.1, 0.15) is 26.3 Å². The van der Waals surface area contributed by atoms with Crippen LogP contribution in [0, 0.1) is 5.82 Å². The van der Waals surface area contributed by atoms with Crippen LogP contribution in [-0.4, -0.2) is 11.8 Å². The molecule has 3 aromatic rings. The lowest BCUT2D eigenvalue weighted by Gasteiger charge is -2.13. The predicted octanol–water partition coefficient (Wildman–Crippen LogP) is 5.31. The molecule has 0 atom stereocenters. The summed E-state index contributed by atoms with van der Waals surface area (Å²) in [4.78, 5) is 25.1. The van der Waals surface area contributed by atoms with Crippen molar-refractivity contribution in [3.63, 3.8) is 0 Å². The zero-order valence-corrected chi connectivity index (χ0v) is 16.0. The Morgan fingerprint density at radius 3 is 2.14 bits per heavy atom. The third kappa shape index (κ3) is 4.50. The highest BCUT2D eigenvalue weighted by Gasteiger charge is 2.16. The zero-order valence-electron chi connectivity index (χ0n) is 14.5. The number of hydrogen-bond acceptors (Lipinski definition) is 2. The van der Waals surface area contributed by atoms with E-state index in [0.29, 0.717) is 10.7 Å². The Balaban J connectivity index is 1.77. The second-order valence-corrected chi connectivity index (χ2v) is 6.68. The van der Waals surface area contributed by atoms with E-state index < -0.39 is 17.6 Å². The molecule has 0 aliphatic heterocycles. The topological polar surface area (TPSA) is 58.2 Å². The summed E-state index contributed by atoms with van der Waals surface area (Å²) in [7, 11) is 0. The van der Waals surface area contributed by atoms with Gasteiger partial charge in [0.25, 0.3) is 11.8 Å². The molecule has 0 aliphatic rings. The van der Waals surface area contributed by atoms with Crippen molar-refractivity contribution in [1.29, 1.82) is 0 Å². The second-order valence-electron chi connectivity index (χ2n) is 5.86. The van der Waals surface area contributed by atoms with E-state index in [4.69, 9.17) is 23.2 Å². The van der Waals surface area contributed by atoms with Gasteiger partial charge in [-0.25, -0.2) is 4.39 Å². The lowest BCUT2D eigenvalue weighted by atomic mass is 10.1. The number of carbonyl (C=O) groups excluding carboxylic acids is 2. The number of benzene rings is 3. The first-order chi connectivity index (χ1) is 13.5. The van der Waals surface area contributed by atoms with Crippen molar-refractivity contribution in [3.05, 3.63) is 99.3 Å². The number of amides is 2. The van der Waals surface area contributed by atoms with Gasteiger partial charge in [-0.05, 0) is 36.4 Å². The van der Waals surface area contributed by atoms with Crippen molar-refractivity contribution >= 4 is 40.7 Å². The summed E-state index contributed by atoms with van der Waals surface area (Å²) in [5, 5.41) is 5.83. The fraction of sp³-hybridized carbons (Fsp3) is 0.0476. The zero-order chi connectivity index (χ0) is 20.1. The Morgan fingerprint density at radius 2 is 1.43 bits per heavy atom. The monoisotopic (exact) mass is 416 g/mol. The molecule has 0 bridgehead atoms. The number of halogens is 3. The van der Waals surface area contributed by atoms with Gasteiger partial charge >= 0.3 is 0 Å². The lowest BCUT2D eigenvalue weighted by molar-refractivity contribution is 0.0951. The highest BCUT2D eigenvalue weighted by Crippen LogP contribution is 2.21. The molecule has 142 valence electrons. The molecule has 28 heavy (non-hydrogen) atoms. The van der Waals surface area contributed by atoms with Crippen molar-refractivity contribution in [1.82, 2.24) is 5.32 Å². The molecular weight excluding hydrogens is 402 g/mol. The average Bonchev–Trinajstić information content (AvgIpc) is 2.68. The van der Waals surface area contributed by atoms with Crippen molar-refractivity contribution in [2.75, 3.05) is 5.32 Å². The highest BCUT2D eigenvalue weighted by atomic mass is 35.5. The van der Waals surface area contributed by atoms with Gasteiger partial charge in [0.1, 0.15) is 5.82 Å². The average molecular weight is 417 g/mol. The van der Waals surface area contributed by atoms with Gasteiger partial charge in [0.15, 0.2) is 0 Å². The maximum Gasteiger partial charge on any atom is 0.257 e. The van der Waals surface area contributed by atoms with Gasteiger partial charge in [0.2, 0.25) is 0 Å². The standard InChI is InChI=1S/C21H15Cl2FN2O2/c22-16-8-3-1-6-13(16)21(28)26-19-11-4-2-7-14(19)20(27)25-12-15-17(23)9-5-10-18(15)24/h1-11H,12H2,(H,25,27)(H,26,28). The third-order valence-corrected chi connectivity index (χ3v) is 4.71. The number of anilines is 1. The number of carbonyl (C=O) groups is 2. The van der Waals surface area contributed by atoms with Crippen molar-refractivity contribution in [2.45, 2.75) is 6.54 Å². The minimum absolute atomic E-state index is 0.0862. The molecule has 3 rings (SSSR count). The van der Waals surface area contributed by atoms with E-state index in [1.807, 2.05) is 0 Å². The van der Waals surface area contributed by atoms with Crippen LogP contribution in [0.4, 0.5) is 10.1 Å². The molecule has 0 saturated heterocycles. The fourth-order valence-electron chi connectivity index (χ4n) is 2.59. The maximum atomic E-state index is 13.9. The smallest absolute Gasteiger partial charge is 0.257 e. The number of rotatable bonds is 5. The molecule has 4 nitrogen and oxygen atoms in total. The molecule has 0 spiro atoms. The summed E-state index contributed by atoms with van der Waals surface area (Å²) in [6, 6.07) is 17.4. The highest BCUT2D eigenvalue weighted by molar-refractivity contribution is 6.34. The summed E-state index contributed by atoms with van der Waals surface area (Å²) >= 11 is 12.0. The van der Waals surface area contributed by atoms with Crippen LogP contribution < -0.4 is 10.6 Å². The summed E-state index contributed by atoms with van der Waals surface area (Å²) in [5.74, 6) is -1.43. The van der Waals surface area contributed by atoms with E-state index in [1.165, 1.54) is 12.1 Å². The van der Waals surface area contributed by atoms with Crippen LogP contribution in [-0.2, 0) is 6.54 Å². The minimum atomic E-state index is -0.506. The van der Waals surface area contributed by atoms with Gasteiger partial charge in [0, 0.05) is 17.1 Å². The van der Waals surface area contributed by atoms with Gasteiger partial charge in [-0.15, -0.1) is 0 Å². The molecule has 2 N–H and O–H groups in total. The van der Waals surface area contributed by atoms with E-state index >= 15 is 0 Å². The van der Waals surface area contributed by atoms with Crippen LogP contribution in [0.5, 0.6) is 0 Å². The van der Waals surface area contributed by atoms with Crippen molar-refractivity contribution in [3.8, 4) is 0 Å². The molecule has 0 heterocycles. The Morgan fingerprint density at radius 1 is 0.786 bits per heavy atom. The van der Waals surface area contributed by atoms with Crippen LogP contribution in [0.15, 0.2) is 66.7 Å². The second kappa shape index (κ2) is 8.87. The van der Waals surface area contributed by atoms with Crippen LogP contribution in [0.3, 0.4) is 0 Å². The van der Waals surface area contributed by atoms with E-state index in [1.54, 1.807) is 54.6 Å². The van der Waals surface area contributed by atoms with Crippen molar-refractivity contribution in [2.24, 2.45) is 0 Å². The molecule has 3 aromatic carbocycles. The van der Waals surface area contributed by atoms with E-state index in [-0.39, 0.29) is 28.3 Å². The summed E-state index contributed by atoms with van der Waals surface area (Å²) in [5.41, 5.74) is 1.02. The van der Waals surface area contributed by atoms with Crippen LogP contribution >= 0.6 is 23.2 Å². The van der Waals surface area contributed by atoms with Gasteiger partial charge in [-0.1, -0.05) is 53.5 Å². The quantitative estimate of drug-likeness (QED) is 0.591. The first-order valence-electron chi connectivity index (χ1n) is 8.33. The molecular formula is C21H15Cl2FN2O2. The SMILES string of the molecule is O=C(Nc1ccccc1C(=O)NCc1c(F)cccc1Cl)c1ccccc1Cl. The molecule has 0 unspecified atom stereocenters. The van der Waals surface area contributed by atoms with Crippen LogP contribution in [0.2, 0.25) is 10.0 Å². The molecule has 0 aromatic heterocycles. The Kier molecular flexibility index (Phi) is 6.29. The molecule has 0 fully saturated rings. The Bertz CT molecular complexity index is 1020. The predicted molar refractivity (Wildman–Crippen MR) is 108 cm³/mol. The lowest BCUT2D eigenvalue weighted by Crippen LogP contribution is -2.25. The maximum absolute atomic E-state index is 13.9. The van der Waals surface area contributed by atoms with Crippen molar-refractivity contribution < 1.29 is 14.0 Å². The first-order valence-corrected chi connectivity index (χ1v) is 9.09. The molecule has 0 saturated carbocycles. The molecule has 0 radical (unpaired) electrons. The third-order valence-electron chi connectivity index (χ3n) is 4.03. The number of hydrogen-bond donors (Lipinski definition) is 2. The van der Waals surface area contributed by atoms with Gasteiger partial charge < -0.3 is 10.6 Å². The van der Waals surface area contributed by atoms with E-state index in [9.17, 15) is 14.0 Å². The van der Waals surface area contributed by atoms with Gasteiger partial charge in [0.05, 0.1) is 21.8 Å². The summed E-state index contributed by atoms with van der Waals surface area (Å²) in [6.45, 7) is -0.0862. The normalized spacial score (nSPS) is 10.4. The minimum Gasteiger partial charge on any atom is -0.348 e. The van der Waals surface area contributed by atoms with Gasteiger partial charge in [-0.2, -0.15) is 0 Å². The Labute approximate surface area is 171 Å². The van der Waals surface area contributed by atoms with E-state index in [2.05, 4.69) is 10.6 Å². The number of para-hydroxylation sites is 1. The fourth-order valence-corrected chi connectivity index (χ4v) is 3.04. The summed E-state index contributed by atoms with van der Waals surface area (Å²) < 4.78 is 13.9. The van der Waals surface area contributed by atoms with E-state index in [0.717, 1.165) is 0 Å². The van der Waals surface area contributed by atoms with Crippen LogP contribution in [0.25, 0.3) is 0 Å². The number of nitrogens with one attached hydrogen (secondary N) is 2. The van der Waals surface area contributed by atoms with Gasteiger partial charge in [-0.3, -0.25) is 9.59 Å². The Hall–Kier alpha value is -2.89. The largest absolute Gasteiger partial charge is 0.348 e.